The molecule has 0 spiro atoms. The Hall–Kier alpha value is -2.38. The third kappa shape index (κ3) is 4.33. The van der Waals surface area contributed by atoms with Gasteiger partial charge in [-0.3, -0.25) is 15.0 Å². The van der Waals surface area contributed by atoms with Gasteiger partial charge >= 0.3 is 0 Å². The molecule has 0 bridgehead atoms. The molecule has 2 aromatic rings. The van der Waals surface area contributed by atoms with Gasteiger partial charge in [0, 0.05) is 11.3 Å². The number of carbonyl (C=O) groups excluding carboxylic acids is 2. The van der Waals surface area contributed by atoms with E-state index >= 15 is 0 Å². The van der Waals surface area contributed by atoms with Crippen molar-refractivity contribution in [3.63, 3.8) is 0 Å². The van der Waals surface area contributed by atoms with Crippen LogP contribution >= 0.6 is 15.9 Å². The van der Waals surface area contributed by atoms with Crippen molar-refractivity contribution in [2.75, 3.05) is 11.9 Å². The van der Waals surface area contributed by atoms with E-state index in [2.05, 4.69) is 26.7 Å². The van der Waals surface area contributed by atoms with E-state index in [0.717, 1.165) is 16.8 Å². The number of aryl methyl sites for hydroxylation is 1. The number of ether oxygens (including phenoxy) is 1. The number of hydrogen-bond acceptors (Lipinski definition) is 4. The lowest BCUT2D eigenvalue weighted by Gasteiger charge is -2.12. The van der Waals surface area contributed by atoms with Gasteiger partial charge in [-0.2, -0.15) is 0 Å². The standard InChI is InChI=1S/C17H18BrN3O3/c1-10-4-3-5-14(11(10)2)20-16(22)9-24-15-7-6-12(8-13(15)18)17(23)21-19/h3-8H,9,19H2,1-2H3,(H,20,22)(H,21,23). The minimum Gasteiger partial charge on any atom is -0.483 e. The highest BCUT2D eigenvalue weighted by Gasteiger charge is 2.11. The molecule has 126 valence electrons. The summed E-state index contributed by atoms with van der Waals surface area (Å²) in [6.07, 6.45) is 0. The fraction of sp³-hybridized carbons (Fsp3) is 0.176. The molecule has 0 aliphatic rings. The first-order valence-electron chi connectivity index (χ1n) is 7.21. The van der Waals surface area contributed by atoms with Crippen LogP contribution in [0, 0.1) is 13.8 Å². The van der Waals surface area contributed by atoms with Gasteiger partial charge in [-0.25, -0.2) is 5.84 Å². The zero-order valence-corrected chi connectivity index (χ0v) is 14.9. The lowest BCUT2D eigenvalue weighted by atomic mass is 10.1. The second-order valence-electron chi connectivity index (χ2n) is 5.20. The summed E-state index contributed by atoms with van der Waals surface area (Å²) in [5, 5.41) is 2.82. The molecule has 0 atom stereocenters. The van der Waals surface area contributed by atoms with Crippen LogP contribution in [-0.4, -0.2) is 18.4 Å². The minimum absolute atomic E-state index is 0.144. The molecule has 6 nitrogen and oxygen atoms in total. The number of carbonyl (C=O) groups is 2. The highest BCUT2D eigenvalue weighted by molar-refractivity contribution is 9.10. The van der Waals surface area contributed by atoms with E-state index in [1.807, 2.05) is 32.0 Å². The predicted octanol–water partition coefficient (Wildman–Crippen LogP) is 2.69. The van der Waals surface area contributed by atoms with Crippen LogP contribution in [0.4, 0.5) is 5.69 Å². The molecule has 0 saturated heterocycles. The molecule has 24 heavy (non-hydrogen) atoms. The Labute approximate surface area is 148 Å². The summed E-state index contributed by atoms with van der Waals surface area (Å²) in [5.41, 5.74) is 5.32. The monoisotopic (exact) mass is 391 g/mol. The summed E-state index contributed by atoms with van der Waals surface area (Å²) in [6.45, 7) is 3.79. The van der Waals surface area contributed by atoms with Crippen molar-refractivity contribution in [3.8, 4) is 5.75 Å². The number of hydrazine groups is 1. The maximum Gasteiger partial charge on any atom is 0.265 e. The van der Waals surface area contributed by atoms with E-state index in [4.69, 9.17) is 10.6 Å². The van der Waals surface area contributed by atoms with Gasteiger partial charge < -0.3 is 10.1 Å². The van der Waals surface area contributed by atoms with E-state index in [-0.39, 0.29) is 12.5 Å². The number of amides is 2. The zero-order chi connectivity index (χ0) is 17.7. The highest BCUT2D eigenvalue weighted by Crippen LogP contribution is 2.26. The number of nitrogens with one attached hydrogen (secondary N) is 2. The Morgan fingerprint density at radius 1 is 1.21 bits per heavy atom. The van der Waals surface area contributed by atoms with Gasteiger partial charge in [-0.05, 0) is 65.2 Å². The van der Waals surface area contributed by atoms with Crippen LogP contribution in [0.25, 0.3) is 0 Å². The van der Waals surface area contributed by atoms with Crippen LogP contribution in [0.5, 0.6) is 5.75 Å². The van der Waals surface area contributed by atoms with Crippen LogP contribution in [0.15, 0.2) is 40.9 Å². The normalized spacial score (nSPS) is 10.2. The fourth-order valence-corrected chi connectivity index (χ4v) is 2.55. The number of anilines is 1. The van der Waals surface area contributed by atoms with Crippen molar-refractivity contribution < 1.29 is 14.3 Å². The van der Waals surface area contributed by atoms with Gasteiger partial charge in [0.05, 0.1) is 4.47 Å². The number of nitrogens with two attached hydrogens (primary N) is 1. The Kier molecular flexibility index (Phi) is 5.94. The second-order valence-corrected chi connectivity index (χ2v) is 6.06. The molecule has 4 N–H and O–H groups in total. The maximum atomic E-state index is 12.1. The molecule has 2 aromatic carbocycles. The Balaban J connectivity index is 1.99. The average Bonchev–Trinajstić information content (AvgIpc) is 2.57. The molecule has 7 heteroatoms. The average molecular weight is 392 g/mol. The SMILES string of the molecule is Cc1cccc(NC(=O)COc2ccc(C(=O)NN)cc2Br)c1C. The van der Waals surface area contributed by atoms with Crippen molar-refractivity contribution in [2.24, 2.45) is 5.84 Å². The summed E-state index contributed by atoms with van der Waals surface area (Å²) in [6, 6.07) is 10.4. The predicted molar refractivity (Wildman–Crippen MR) is 95.8 cm³/mol. The van der Waals surface area contributed by atoms with Crippen molar-refractivity contribution in [3.05, 3.63) is 57.6 Å². The third-order valence-corrected chi connectivity index (χ3v) is 4.18. The molecule has 2 amide bonds. The number of hydrogen-bond donors (Lipinski definition) is 3. The van der Waals surface area contributed by atoms with Gasteiger partial charge in [0.15, 0.2) is 6.61 Å². The Bertz CT molecular complexity index is 778. The van der Waals surface area contributed by atoms with Crippen LogP contribution in [0.2, 0.25) is 0 Å². The van der Waals surface area contributed by atoms with Crippen LogP contribution in [-0.2, 0) is 4.79 Å². The first-order chi connectivity index (χ1) is 11.4. The third-order valence-electron chi connectivity index (χ3n) is 3.56. The molecule has 0 heterocycles. The molecule has 0 fully saturated rings. The molecule has 0 unspecified atom stereocenters. The lowest BCUT2D eigenvalue weighted by molar-refractivity contribution is -0.118. The minimum atomic E-state index is -0.407. The van der Waals surface area contributed by atoms with E-state index in [9.17, 15) is 9.59 Å². The lowest BCUT2D eigenvalue weighted by Crippen LogP contribution is -2.29. The summed E-state index contributed by atoms with van der Waals surface area (Å²) >= 11 is 3.31. The second kappa shape index (κ2) is 7.94. The molecule has 0 aliphatic heterocycles. The topological polar surface area (TPSA) is 93.4 Å². The van der Waals surface area contributed by atoms with Crippen molar-refractivity contribution in [1.82, 2.24) is 5.43 Å². The van der Waals surface area contributed by atoms with E-state index in [1.165, 1.54) is 0 Å². The quantitative estimate of drug-likeness (QED) is 0.414. The van der Waals surface area contributed by atoms with Crippen molar-refractivity contribution >= 4 is 33.4 Å². The Morgan fingerprint density at radius 2 is 1.96 bits per heavy atom. The van der Waals surface area contributed by atoms with Gasteiger partial charge in [-0.1, -0.05) is 12.1 Å². The molecule has 0 aliphatic carbocycles. The van der Waals surface area contributed by atoms with Gasteiger partial charge in [-0.15, -0.1) is 0 Å². The molecular weight excluding hydrogens is 374 g/mol. The maximum absolute atomic E-state index is 12.1. The van der Waals surface area contributed by atoms with E-state index in [1.54, 1.807) is 18.2 Å². The van der Waals surface area contributed by atoms with Crippen LogP contribution in [0.3, 0.4) is 0 Å². The first kappa shape index (κ1) is 18.0. The number of benzene rings is 2. The summed E-state index contributed by atoms with van der Waals surface area (Å²) < 4.78 is 6.05. The zero-order valence-electron chi connectivity index (χ0n) is 13.4. The van der Waals surface area contributed by atoms with Crippen molar-refractivity contribution in [2.45, 2.75) is 13.8 Å². The van der Waals surface area contributed by atoms with Gasteiger partial charge in [0.25, 0.3) is 11.8 Å². The highest BCUT2D eigenvalue weighted by atomic mass is 79.9. The summed E-state index contributed by atoms with van der Waals surface area (Å²) in [7, 11) is 0. The molecule has 2 rings (SSSR count). The molecule has 0 saturated carbocycles. The number of rotatable bonds is 5. The largest absolute Gasteiger partial charge is 0.483 e. The van der Waals surface area contributed by atoms with Crippen LogP contribution < -0.4 is 21.3 Å². The van der Waals surface area contributed by atoms with Gasteiger partial charge in [0.1, 0.15) is 5.75 Å². The fourth-order valence-electron chi connectivity index (χ4n) is 2.06. The summed E-state index contributed by atoms with van der Waals surface area (Å²) in [5.74, 6) is 4.87. The number of halogens is 1. The van der Waals surface area contributed by atoms with Gasteiger partial charge in [0.2, 0.25) is 0 Å². The smallest absolute Gasteiger partial charge is 0.265 e. The molecule has 0 radical (unpaired) electrons. The van der Waals surface area contributed by atoms with Crippen molar-refractivity contribution in [1.29, 1.82) is 0 Å². The summed E-state index contributed by atoms with van der Waals surface area (Å²) in [4.78, 5) is 23.5. The van der Waals surface area contributed by atoms with E-state index < -0.39 is 5.91 Å². The first-order valence-corrected chi connectivity index (χ1v) is 8.01. The van der Waals surface area contributed by atoms with Crippen LogP contribution in [0.1, 0.15) is 21.5 Å². The number of nitrogen functional groups attached to an aromatic ring is 1. The Morgan fingerprint density at radius 3 is 2.62 bits per heavy atom. The molecular formula is C17H18BrN3O3. The molecule has 0 aromatic heterocycles. The van der Waals surface area contributed by atoms with E-state index in [0.29, 0.717) is 15.8 Å².